The highest BCUT2D eigenvalue weighted by Gasteiger charge is 2.20. The highest BCUT2D eigenvalue weighted by molar-refractivity contribution is 5.94. The van der Waals surface area contributed by atoms with Crippen LogP contribution in [0.3, 0.4) is 0 Å². The number of pyridine rings is 1. The predicted octanol–water partition coefficient (Wildman–Crippen LogP) is 4.82. The van der Waals surface area contributed by atoms with Crippen molar-refractivity contribution < 1.29 is 9.18 Å². The van der Waals surface area contributed by atoms with Crippen LogP contribution in [0.1, 0.15) is 32.8 Å². The molecule has 0 saturated carbocycles. The summed E-state index contributed by atoms with van der Waals surface area (Å²) in [6.45, 7) is 8.03. The molecule has 1 amide bonds. The zero-order chi connectivity index (χ0) is 18.2. The van der Waals surface area contributed by atoms with E-state index in [1.807, 2.05) is 50.4 Å². The maximum atomic E-state index is 13.3. The van der Waals surface area contributed by atoms with Crippen molar-refractivity contribution in [3.05, 3.63) is 54.0 Å². The number of fused-ring (bicyclic) bond motifs is 1. The summed E-state index contributed by atoms with van der Waals surface area (Å²) >= 11 is 0. The van der Waals surface area contributed by atoms with E-state index in [9.17, 15) is 9.18 Å². The summed E-state index contributed by atoms with van der Waals surface area (Å²) in [7, 11) is 0. The molecule has 0 saturated heterocycles. The van der Waals surface area contributed by atoms with E-state index in [2.05, 4.69) is 10.3 Å². The Bertz CT molecular complexity index is 921. The fourth-order valence-electron chi connectivity index (χ4n) is 2.78. The van der Waals surface area contributed by atoms with Gasteiger partial charge in [-0.25, -0.2) is 9.37 Å². The second kappa shape index (κ2) is 6.31. The molecule has 2 heterocycles. The number of hydrogen-bond donors (Lipinski definition) is 1. The number of amides is 1. The van der Waals surface area contributed by atoms with Gasteiger partial charge >= 0.3 is 0 Å². The van der Waals surface area contributed by atoms with Gasteiger partial charge in [-0.1, -0.05) is 20.8 Å². The van der Waals surface area contributed by atoms with Crippen LogP contribution in [-0.2, 0) is 4.79 Å². The molecule has 0 unspecified atom stereocenters. The molecule has 130 valence electrons. The van der Waals surface area contributed by atoms with Crippen molar-refractivity contribution in [1.82, 2.24) is 9.38 Å². The number of rotatable bonds is 3. The third kappa shape index (κ3) is 3.87. The first-order chi connectivity index (χ1) is 11.7. The van der Waals surface area contributed by atoms with E-state index in [0.29, 0.717) is 12.2 Å². The number of aromatic nitrogens is 2. The van der Waals surface area contributed by atoms with Gasteiger partial charge in [0.15, 0.2) is 5.82 Å². The number of hydrogen-bond acceptors (Lipinski definition) is 2. The van der Waals surface area contributed by atoms with Crippen LogP contribution in [0.4, 0.5) is 10.2 Å². The number of nitrogens with zero attached hydrogens (tertiary/aromatic N) is 2. The number of benzene rings is 1. The van der Waals surface area contributed by atoms with Crippen molar-refractivity contribution in [2.45, 2.75) is 34.1 Å². The van der Waals surface area contributed by atoms with Gasteiger partial charge in [0.1, 0.15) is 11.5 Å². The third-order valence-corrected chi connectivity index (χ3v) is 3.85. The third-order valence-electron chi connectivity index (χ3n) is 3.85. The van der Waals surface area contributed by atoms with Gasteiger partial charge in [-0.05, 0) is 54.3 Å². The van der Waals surface area contributed by atoms with E-state index < -0.39 is 0 Å². The summed E-state index contributed by atoms with van der Waals surface area (Å²) in [5.74, 6) is 0.106. The smallest absolute Gasteiger partial charge is 0.226 e. The normalized spacial score (nSPS) is 11.7. The van der Waals surface area contributed by atoms with Crippen LogP contribution >= 0.6 is 0 Å². The van der Waals surface area contributed by atoms with Crippen molar-refractivity contribution in [2.24, 2.45) is 5.41 Å². The maximum absolute atomic E-state index is 13.3. The molecule has 0 aliphatic heterocycles. The van der Waals surface area contributed by atoms with Gasteiger partial charge < -0.3 is 5.32 Å². The fraction of sp³-hybridized carbons (Fsp3) is 0.300. The molecule has 0 atom stereocenters. The highest BCUT2D eigenvalue weighted by atomic mass is 19.1. The summed E-state index contributed by atoms with van der Waals surface area (Å²) < 4.78 is 15.2. The Morgan fingerprint density at radius 2 is 1.88 bits per heavy atom. The standard InChI is InChI=1S/C20H22FN3O/c1-13-9-10-24-16(11-13)22-19(23-17(25)12-20(2,3)4)18(24)14-5-7-15(21)8-6-14/h5-11H,12H2,1-4H3,(H,23,25). The minimum absolute atomic E-state index is 0.0870. The molecule has 3 aromatic rings. The first kappa shape index (κ1) is 17.1. The Morgan fingerprint density at radius 3 is 2.52 bits per heavy atom. The summed E-state index contributed by atoms with van der Waals surface area (Å²) in [6.07, 6.45) is 2.30. The molecule has 1 N–H and O–H groups in total. The van der Waals surface area contributed by atoms with Crippen LogP contribution in [-0.4, -0.2) is 15.3 Å². The summed E-state index contributed by atoms with van der Waals surface area (Å²) in [6, 6.07) is 10.1. The monoisotopic (exact) mass is 339 g/mol. The first-order valence-electron chi connectivity index (χ1n) is 8.27. The second-order valence-corrected chi connectivity index (χ2v) is 7.53. The summed E-state index contributed by atoms with van der Waals surface area (Å²) in [5, 5.41) is 2.92. The minimum Gasteiger partial charge on any atom is -0.309 e. The lowest BCUT2D eigenvalue weighted by atomic mass is 9.92. The van der Waals surface area contributed by atoms with Gasteiger partial charge in [0.25, 0.3) is 0 Å². The van der Waals surface area contributed by atoms with Gasteiger partial charge in [-0.3, -0.25) is 9.20 Å². The molecule has 2 aromatic heterocycles. The van der Waals surface area contributed by atoms with Gasteiger partial charge in [0.2, 0.25) is 5.91 Å². The highest BCUT2D eigenvalue weighted by Crippen LogP contribution is 2.30. The van der Waals surface area contributed by atoms with E-state index >= 15 is 0 Å². The molecule has 4 nitrogen and oxygen atoms in total. The second-order valence-electron chi connectivity index (χ2n) is 7.53. The Labute approximate surface area is 146 Å². The Balaban J connectivity index is 2.08. The van der Waals surface area contributed by atoms with Crippen LogP contribution in [0.25, 0.3) is 16.9 Å². The number of imidazole rings is 1. The van der Waals surface area contributed by atoms with Crippen LogP contribution in [0.5, 0.6) is 0 Å². The number of carbonyl (C=O) groups excluding carboxylic acids is 1. The Hall–Kier alpha value is -2.69. The van der Waals surface area contributed by atoms with Gasteiger partial charge in [0, 0.05) is 18.2 Å². The Kier molecular flexibility index (Phi) is 4.33. The van der Waals surface area contributed by atoms with Gasteiger partial charge in [0.05, 0.1) is 5.69 Å². The molecule has 1 aromatic carbocycles. The largest absolute Gasteiger partial charge is 0.309 e. The molecule has 0 fully saturated rings. The number of halogens is 1. The van der Waals surface area contributed by atoms with Crippen LogP contribution in [0.2, 0.25) is 0 Å². The van der Waals surface area contributed by atoms with Crippen molar-refractivity contribution in [2.75, 3.05) is 5.32 Å². The lowest BCUT2D eigenvalue weighted by Gasteiger charge is -2.17. The molecular weight excluding hydrogens is 317 g/mol. The average molecular weight is 339 g/mol. The molecule has 0 radical (unpaired) electrons. The molecule has 0 aliphatic carbocycles. The number of anilines is 1. The molecule has 0 aliphatic rings. The Morgan fingerprint density at radius 1 is 1.20 bits per heavy atom. The van der Waals surface area contributed by atoms with Crippen LogP contribution < -0.4 is 5.32 Å². The fourth-order valence-corrected chi connectivity index (χ4v) is 2.78. The molecule has 5 heteroatoms. The molecule has 3 rings (SSSR count). The zero-order valence-corrected chi connectivity index (χ0v) is 14.9. The summed E-state index contributed by atoms with van der Waals surface area (Å²) in [5.41, 5.74) is 3.25. The topological polar surface area (TPSA) is 46.4 Å². The van der Waals surface area contributed by atoms with Crippen molar-refractivity contribution in [1.29, 1.82) is 0 Å². The van der Waals surface area contributed by atoms with E-state index in [1.54, 1.807) is 12.1 Å². The lowest BCUT2D eigenvalue weighted by molar-refractivity contribution is -0.117. The number of carbonyl (C=O) groups is 1. The lowest BCUT2D eigenvalue weighted by Crippen LogP contribution is -2.20. The quantitative estimate of drug-likeness (QED) is 0.743. The number of aryl methyl sites for hydroxylation is 1. The van der Waals surface area contributed by atoms with Crippen molar-refractivity contribution in [3.8, 4) is 11.3 Å². The van der Waals surface area contributed by atoms with Crippen LogP contribution in [0.15, 0.2) is 42.6 Å². The van der Waals surface area contributed by atoms with E-state index in [4.69, 9.17) is 0 Å². The van der Waals surface area contributed by atoms with Gasteiger partial charge in [-0.15, -0.1) is 0 Å². The van der Waals surface area contributed by atoms with Crippen molar-refractivity contribution >= 4 is 17.4 Å². The maximum Gasteiger partial charge on any atom is 0.226 e. The average Bonchev–Trinajstić information content (AvgIpc) is 2.82. The molecule has 0 bridgehead atoms. The predicted molar refractivity (Wildman–Crippen MR) is 98.0 cm³/mol. The number of nitrogens with one attached hydrogen (secondary N) is 1. The summed E-state index contributed by atoms with van der Waals surface area (Å²) in [4.78, 5) is 17.0. The SMILES string of the molecule is Cc1ccn2c(-c3ccc(F)cc3)c(NC(=O)CC(C)(C)C)nc2c1. The van der Waals surface area contributed by atoms with E-state index in [0.717, 1.165) is 22.5 Å². The van der Waals surface area contributed by atoms with Crippen LogP contribution in [0, 0.1) is 18.2 Å². The minimum atomic E-state index is -0.299. The van der Waals surface area contributed by atoms with E-state index in [1.165, 1.54) is 12.1 Å². The molecule has 25 heavy (non-hydrogen) atoms. The molecule has 0 spiro atoms. The van der Waals surface area contributed by atoms with E-state index in [-0.39, 0.29) is 17.1 Å². The first-order valence-corrected chi connectivity index (χ1v) is 8.27. The van der Waals surface area contributed by atoms with Crippen molar-refractivity contribution in [3.63, 3.8) is 0 Å². The van der Waals surface area contributed by atoms with Gasteiger partial charge in [-0.2, -0.15) is 0 Å². The zero-order valence-electron chi connectivity index (χ0n) is 14.9. The molecular formula is C20H22FN3O.